The van der Waals surface area contributed by atoms with E-state index in [4.69, 9.17) is 9.72 Å². The molecule has 6 rings (SSSR count). The minimum atomic E-state index is -0.643. The predicted molar refractivity (Wildman–Crippen MR) is 155 cm³/mol. The van der Waals surface area contributed by atoms with Crippen LogP contribution >= 0.6 is 0 Å². The lowest BCUT2D eigenvalue weighted by Gasteiger charge is -2.32. The molecule has 0 bridgehead atoms. The van der Waals surface area contributed by atoms with E-state index in [0.29, 0.717) is 59.9 Å². The summed E-state index contributed by atoms with van der Waals surface area (Å²) in [5.74, 6) is -0.495. The molecule has 0 spiro atoms. The summed E-state index contributed by atoms with van der Waals surface area (Å²) in [4.78, 5) is 14.0. The van der Waals surface area contributed by atoms with Gasteiger partial charge in [-0.05, 0) is 75.6 Å². The fourth-order valence-corrected chi connectivity index (χ4v) is 6.72. The van der Waals surface area contributed by atoms with Crippen molar-refractivity contribution in [2.24, 2.45) is 0 Å². The molecule has 4 heterocycles. The van der Waals surface area contributed by atoms with E-state index in [1.54, 1.807) is 36.4 Å². The van der Waals surface area contributed by atoms with Crippen LogP contribution in [0, 0.1) is 5.82 Å². The Bertz CT molecular complexity index is 1550. The fourth-order valence-electron chi connectivity index (χ4n) is 6.72. The molecule has 1 aromatic heterocycles. The molecule has 6 nitrogen and oxygen atoms in total. The monoisotopic (exact) mass is 546 g/mol. The molecule has 0 saturated carbocycles. The predicted octanol–water partition coefficient (Wildman–Crippen LogP) is 4.33. The number of nitrogens with zero attached hydrogens (tertiary/aromatic N) is 4. The van der Waals surface area contributed by atoms with Crippen molar-refractivity contribution < 1.29 is 18.6 Å². The van der Waals surface area contributed by atoms with E-state index in [2.05, 4.69) is 21.4 Å². The summed E-state index contributed by atoms with van der Waals surface area (Å²) in [5, 5.41) is 11.7. The molecule has 40 heavy (non-hydrogen) atoms. The third-order valence-electron chi connectivity index (χ3n) is 8.89. The van der Waals surface area contributed by atoms with E-state index >= 15 is 4.39 Å². The van der Waals surface area contributed by atoms with Gasteiger partial charge in [0.25, 0.3) is 0 Å². The number of allylic oxidation sites excluding steroid dienone is 1. The van der Waals surface area contributed by atoms with Gasteiger partial charge in [0.15, 0.2) is 5.83 Å². The molecule has 3 fully saturated rings. The van der Waals surface area contributed by atoms with Crippen LogP contribution in [0.1, 0.15) is 51.0 Å². The first-order valence-corrected chi connectivity index (χ1v) is 14.3. The fraction of sp³-hybridized carbons (Fsp3) is 0.438. The Hall–Kier alpha value is -3.36. The highest BCUT2D eigenvalue weighted by atomic mass is 19.1. The first-order chi connectivity index (χ1) is 19.4. The molecule has 0 unspecified atom stereocenters. The summed E-state index contributed by atoms with van der Waals surface area (Å²) in [6, 6.07) is 10.2. The topological polar surface area (TPSA) is 61.7 Å². The summed E-state index contributed by atoms with van der Waals surface area (Å²) in [5.41, 5.74) is 0.422. The van der Waals surface area contributed by atoms with Crippen molar-refractivity contribution in [3.63, 3.8) is 0 Å². The number of hydrogen-bond donors (Lipinski definition) is 1. The molecule has 0 aliphatic carbocycles. The van der Waals surface area contributed by atoms with Gasteiger partial charge in [0.05, 0.1) is 11.6 Å². The van der Waals surface area contributed by atoms with E-state index in [9.17, 15) is 9.50 Å². The van der Waals surface area contributed by atoms with Crippen LogP contribution in [0.2, 0.25) is 0 Å². The van der Waals surface area contributed by atoms with Gasteiger partial charge in [-0.25, -0.2) is 8.78 Å². The highest BCUT2D eigenvalue weighted by molar-refractivity contribution is 6.03. The molecular formula is C32H36F2N4O2. The number of halogens is 2. The van der Waals surface area contributed by atoms with Crippen molar-refractivity contribution in [1.82, 2.24) is 14.9 Å². The standard InChI is InChI=1S/C32H36F2N4O2/c1-3-24-29(28(34)21(2)25-10-4-8-22-9-5-11-26(33)27(22)25)35-31(36-30(24)37-18-12-23(39)13-19-37)40-20-32-14-6-16-38(32)17-7-15-32/h3-5,8-11,23,39H,2,6-7,12-20H2,1H3/b24-3?,29-28-. The number of piperidine rings is 1. The second kappa shape index (κ2) is 10.9. The van der Waals surface area contributed by atoms with Crippen LogP contribution in [-0.2, 0) is 0 Å². The van der Waals surface area contributed by atoms with Crippen LogP contribution in [0.3, 0.4) is 0 Å². The molecule has 3 aliphatic heterocycles. The molecule has 0 atom stereocenters. The van der Waals surface area contributed by atoms with Crippen molar-refractivity contribution in [3.05, 3.63) is 64.9 Å². The van der Waals surface area contributed by atoms with Gasteiger partial charge >= 0.3 is 6.01 Å². The Balaban J connectivity index is 1.47. The number of ether oxygens (including phenoxy) is 1. The molecule has 0 amide bonds. The number of aliphatic hydroxyl groups is 1. The van der Waals surface area contributed by atoms with Crippen LogP contribution in [-0.4, -0.2) is 64.4 Å². The Morgan fingerprint density at radius 3 is 2.50 bits per heavy atom. The maximum Gasteiger partial charge on any atom is 0.319 e. The van der Waals surface area contributed by atoms with E-state index in [0.717, 1.165) is 38.8 Å². The lowest BCUT2D eigenvalue weighted by molar-refractivity contribution is 0.107. The van der Waals surface area contributed by atoms with E-state index < -0.39 is 11.6 Å². The Morgan fingerprint density at radius 2 is 1.80 bits per heavy atom. The number of anilines is 1. The van der Waals surface area contributed by atoms with Crippen LogP contribution in [0.15, 0.2) is 43.0 Å². The maximum absolute atomic E-state index is 16.5. The van der Waals surface area contributed by atoms with Gasteiger partial charge in [-0.1, -0.05) is 43.0 Å². The normalized spacial score (nSPS) is 20.7. The molecule has 3 aliphatic rings. The van der Waals surface area contributed by atoms with E-state index in [-0.39, 0.29) is 28.6 Å². The van der Waals surface area contributed by atoms with Gasteiger partial charge in [-0.15, -0.1) is 0 Å². The number of aliphatic hydroxyl groups excluding tert-OH is 1. The van der Waals surface area contributed by atoms with Gasteiger partial charge in [-0.2, -0.15) is 9.97 Å². The molecule has 0 radical (unpaired) electrons. The number of hydrogen-bond acceptors (Lipinski definition) is 6. The first kappa shape index (κ1) is 26.8. The first-order valence-electron chi connectivity index (χ1n) is 14.3. The van der Waals surface area contributed by atoms with Gasteiger partial charge < -0.3 is 14.7 Å². The molecule has 3 aromatic rings. The van der Waals surface area contributed by atoms with Crippen molar-refractivity contribution in [1.29, 1.82) is 0 Å². The lowest BCUT2D eigenvalue weighted by Crippen LogP contribution is -2.45. The average Bonchev–Trinajstić information content (AvgIpc) is 3.56. The summed E-state index contributed by atoms with van der Waals surface area (Å²) in [6.45, 7) is 9.66. The average molecular weight is 547 g/mol. The minimum Gasteiger partial charge on any atom is -0.461 e. The van der Waals surface area contributed by atoms with Crippen LogP contribution in [0.25, 0.3) is 28.2 Å². The van der Waals surface area contributed by atoms with Crippen LogP contribution in [0.4, 0.5) is 14.6 Å². The molecule has 2 aromatic carbocycles. The van der Waals surface area contributed by atoms with Crippen molar-refractivity contribution in [2.45, 2.75) is 57.1 Å². The smallest absolute Gasteiger partial charge is 0.319 e. The minimum absolute atomic E-state index is 0.0131. The van der Waals surface area contributed by atoms with Crippen molar-refractivity contribution >= 4 is 34.1 Å². The molecule has 1 N–H and O–H groups in total. The van der Waals surface area contributed by atoms with Crippen molar-refractivity contribution in [3.8, 4) is 6.01 Å². The zero-order chi connectivity index (χ0) is 27.9. The highest BCUT2D eigenvalue weighted by Gasteiger charge is 2.45. The number of rotatable bonds is 6. The maximum atomic E-state index is 16.5. The number of fused-ring (bicyclic) bond motifs is 2. The number of aromatic nitrogens is 2. The van der Waals surface area contributed by atoms with E-state index in [1.165, 1.54) is 6.07 Å². The summed E-state index contributed by atoms with van der Waals surface area (Å²) < 4.78 is 37.7. The summed E-state index contributed by atoms with van der Waals surface area (Å²) in [7, 11) is 0. The largest absolute Gasteiger partial charge is 0.461 e. The van der Waals surface area contributed by atoms with E-state index in [1.807, 2.05) is 6.92 Å². The lowest BCUT2D eigenvalue weighted by atomic mass is 9.95. The third kappa shape index (κ3) is 4.77. The van der Waals surface area contributed by atoms with Gasteiger partial charge in [0.2, 0.25) is 0 Å². The molecular weight excluding hydrogens is 510 g/mol. The number of benzene rings is 2. The van der Waals surface area contributed by atoms with Gasteiger partial charge in [-0.3, -0.25) is 4.90 Å². The second-order valence-corrected chi connectivity index (χ2v) is 11.2. The molecule has 8 heteroatoms. The highest BCUT2D eigenvalue weighted by Crippen LogP contribution is 2.39. The van der Waals surface area contributed by atoms with Crippen LogP contribution in [0.5, 0.6) is 6.01 Å². The SMILES string of the molecule is C=C(/C(F)=c1/nc(OCC23CCCN2CCC3)nc(N2CCC(O)CC2)c1=CC)c1cccc2cccc(F)c12. The Labute approximate surface area is 233 Å². The van der Waals surface area contributed by atoms with Crippen molar-refractivity contribution in [2.75, 3.05) is 37.7 Å². The molecule has 3 saturated heterocycles. The zero-order valence-electron chi connectivity index (χ0n) is 23.0. The quantitative estimate of drug-likeness (QED) is 0.497. The third-order valence-corrected chi connectivity index (χ3v) is 8.89. The zero-order valence-corrected chi connectivity index (χ0v) is 23.0. The second-order valence-electron chi connectivity index (χ2n) is 11.2. The summed E-state index contributed by atoms with van der Waals surface area (Å²) in [6.07, 6.45) is 7.07. The van der Waals surface area contributed by atoms with Crippen LogP contribution < -0.4 is 20.2 Å². The summed E-state index contributed by atoms with van der Waals surface area (Å²) >= 11 is 0. The van der Waals surface area contributed by atoms with Gasteiger partial charge in [0.1, 0.15) is 23.6 Å². The van der Waals surface area contributed by atoms with Gasteiger partial charge in [0, 0.05) is 29.3 Å². The Morgan fingerprint density at radius 1 is 1.10 bits per heavy atom. The Kier molecular flexibility index (Phi) is 7.31. The molecule has 210 valence electrons.